The minimum atomic E-state index is 0.388. The van der Waals surface area contributed by atoms with Crippen molar-refractivity contribution in [1.29, 1.82) is 10.5 Å². The number of hydrogen-bond donors (Lipinski definition) is 0. The molecule has 6 heterocycles. The summed E-state index contributed by atoms with van der Waals surface area (Å²) in [6, 6.07) is 90.0. The van der Waals surface area contributed by atoms with Crippen molar-refractivity contribution in [1.82, 2.24) is 29.9 Å². The van der Waals surface area contributed by atoms with Crippen LogP contribution < -0.4 is 0 Å². The van der Waals surface area contributed by atoms with Crippen LogP contribution in [-0.2, 0) is 0 Å². The zero-order chi connectivity index (χ0) is 53.5. The summed E-state index contributed by atoms with van der Waals surface area (Å²) in [5.41, 5.74) is 17.4. The summed E-state index contributed by atoms with van der Waals surface area (Å²) in [6.45, 7) is 0. The average molecular weight is 1020 g/mol. The second kappa shape index (κ2) is 20.0. The highest BCUT2D eigenvalue weighted by molar-refractivity contribution is 6.16. The molecule has 0 saturated carbocycles. The summed E-state index contributed by atoms with van der Waals surface area (Å²) in [5.74, 6) is 0. The van der Waals surface area contributed by atoms with Crippen LogP contribution in [0.15, 0.2) is 255 Å². The Hall–Kier alpha value is -11.3. The monoisotopic (exact) mass is 1020 g/mol. The van der Waals surface area contributed by atoms with E-state index in [0.29, 0.717) is 78.5 Å². The summed E-state index contributed by atoms with van der Waals surface area (Å²) in [4.78, 5) is 32.4. The Morgan fingerprint density at radius 1 is 0.237 bits per heavy atom. The maximum atomic E-state index is 11.3. The van der Waals surface area contributed by atoms with Gasteiger partial charge in [0.15, 0.2) is 0 Å². The van der Waals surface area contributed by atoms with Crippen LogP contribution in [0.25, 0.3) is 145 Å². The van der Waals surface area contributed by atoms with Crippen molar-refractivity contribution < 1.29 is 0 Å². The van der Waals surface area contributed by atoms with Gasteiger partial charge in [-0.3, -0.25) is 0 Å². The lowest BCUT2D eigenvalue weighted by Crippen LogP contribution is -2.01. The summed E-state index contributed by atoms with van der Waals surface area (Å²) < 4.78 is 0. The van der Waals surface area contributed by atoms with Crippen molar-refractivity contribution in [2.24, 2.45) is 0 Å². The maximum Gasteiger partial charge on any atom is 0.102 e. The first-order valence-electron chi connectivity index (χ1n) is 26.3. The van der Waals surface area contributed by atoms with E-state index < -0.39 is 0 Å². The van der Waals surface area contributed by atoms with Crippen LogP contribution in [0.4, 0.5) is 0 Å². The van der Waals surface area contributed by atoms with Gasteiger partial charge in [-0.15, -0.1) is 0 Å². The summed E-state index contributed by atoms with van der Waals surface area (Å²) in [5, 5.41) is 25.9. The molecule has 14 aromatic rings. The van der Waals surface area contributed by atoms with Gasteiger partial charge in [0.2, 0.25) is 0 Å². The lowest BCUT2D eigenvalue weighted by molar-refractivity contribution is 1.24. The van der Waals surface area contributed by atoms with Gasteiger partial charge in [-0.25, -0.2) is 29.9 Å². The van der Waals surface area contributed by atoms with Crippen molar-refractivity contribution in [3.63, 3.8) is 0 Å². The first-order valence-corrected chi connectivity index (χ1v) is 26.3. The third kappa shape index (κ3) is 8.25. The van der Waals surface area contributed by atoms with E-state index in [1.54, 1.807) is 0 Å². The molecule has 0 aliphatic heterocycles. The molecule has 0 spiro atoms. The summed E-state index contributed by atoms with van der Waals surface area (Å²) >= 11 is 0. The van der Waals surface area contributed by atoms with E-state index in [2.05, 4.69) is 84.9 Å². The van der Waals surface area contributed by atoms with Crippen LogP contribution >= 0.6 is 0 Å². The Bertz CT molecular complexity index is 4500. The highest BCUT2D eigenvalue weighted by Crippen LogP contribution is 2.44. The van der Waals surface area contributed by atoms with Crippen molar-refractivity contribution in [3.05, 3.63) is 266 Å². The fourth-order valence-electron chi connectivity index (χ4n) is 11.0. The number of benzene rings is 8. The van der Waals surface area contributed by atoms with Gasteiger partial charge in [-0.05, 0) is 58.7 Å². The fourth-order valence-corrected chi connectivity index (χ4v) is 11.0. The molecule has 8 nitrogen and oxygen atoms in total. The standard InChI is InChI=1S/C72H42N8/c73-43-57-65(53-39-37-51-55(45-21-7-1-8-22-45)41-63(47-25-11-3-12-26-47)77-69(51)71(53)79-67(57)49-29-15-5-16-30-49)61-35-19-33-59(75-61)60-34-20-36-62(76-60)66-54-40-38-52-56(46-23-9-2-10-24-46)42-64(48-27-13-4-14-28-48)78-70(52)72(54)80-68(58(66)44-74)50-31-17-6-18-32-50/h1-42H. The van der Waals surface area contributed by atoms with E-state index in [1.807, 2.05) is 182 Å². The predicted octanol–water partition coefficient (Wildman–Crippen LogP) is 17.4. The Balaban J connectivity index is 0.991. The lowest BCUT2D eigenvalue weighted by atomic mass is 9.92. The number of hydrogen-bond acceptors (Lipinski definition) is 8. The highest BCUT2D eigenvalue weighted by atomic mass is 14.8. The van der Waals surface area contributed by atoms with Crippen LogP contribution in [0.3, 0.4) is 0 Å². The maximum absolute atomic E-state index is 11.3. The molecule has 14 rings (SSSR count). The number of nitrogens with zero attached hydrogens (tertiary/aromatic N) is 8. The van der Waals surface area contributed by atoms with Gasteiger partial charge in [0, 0.05) is 54.9 Å². The second-order valence-corrected chi connectivity index (χ2v) is 19.5. The Morgan fingerprint density at radius 2 is 0.537 bits per heavy atom. The molecular formula is C72H42N8. The molecule has 8 heteroatoms. The molecule has 0 fully saturated rings. The van der Waals surface area contributed by atoms with Crippen LogP contribution in [-0.4, -0.2) is 29.9 Å². The van der Waals surface area contributed by atoms with E-state index in [9.17, 15) is 10.5 Å². The molecule has 0 N–H and O–H groups in total. The number of rotatable bonds is 9. The lowest BCUT2D eigenvalue weighted by Gasteiger charge is -2.17. The normalized spacial score (nSPS) is 11.2. The van der Waals surface area contributed by atoms with Gasteiger partial charge in [0.25, 0.3) is 0 Å². The quantitative estimate of drug-likeness (QED) is 0.131. The van der Waals surface area contributed by atoms with Crippen LogP contribution in [0.1, 0.15) is 11.1 Å². The van der Waals surface area contributed by atoms with Gasteiger partial charge in [-0.2, -0.15) is 10.5 Å². The van der Waals surface area contributed by atoms with Crippen LogP contribution in [0, 0.1) is 22.7 Å². The molecule has 0 amide bonds. The molecule has 0 bridgehead atoms. The Morgan fingerprint density at radius 3 is 0.887 bits per heavy atom. The molecule has 0 unspecified atom stereocenters. The van der Waals surface area contributed by atoms with Gasteiger partial charge in [0.1, 0.15) is 12.1 Å². The van der Waals surface area contributed by atoms with Gasteiger partial charge >= 0.3 is 0 Å². The fraction of sp³-hybridized carbons (Fsp3) is 0. The van der Waals surface area contributed by atoms with Crippen molar-refractivity contribution in [3.8, 4) is 113 Å². The molecule has 0 radical (unpaired) electrons. The Kier molecular flexibility index (Phi) is 11.8. The van der Waals surface area contributed by atoms with Gasteiger partial charge in [-0.1, -0.05) is 218 Å². The molecule has 80 heavy (non-hydrogen) atoms. The molecule has 6 aromatic heterocycles. The Labute approximate surface area is 461 Å². The predicted molar refractivity (Wildman–Crippen MR) is 322 cm³/mol. The van der Waals surface area contributed by atoms with Crippen molar-refractivity contribution in [2.45, 2.75) is 0 Å². The van der Waals surface area contributed by atoms with Crippen LogP contribution in [0.5, 0.6) is 0 Å². The number of pyridine rings is 6. The average Bonchev–Trinajstić information content (AvgIpc) is 3.64. The van der Waals surface area contributed by atoms with E-state index >= 15 is 0 Å². The zero-order valence-electron chi connectivity index (χ0n) is 42.8. The van der Waals surface area contributed by atoms with E-state index in [0.717, 1.165) is 77.4 Å². The summed E-state index contributed by atoms with van der Waals surface area (Å²) in [7, 11) is 0. The smallest absolute Gasteiger partial charge is 0.102 e. The van der Waals surface area contributed by atoms with Gasteiger partial charge < -0.3 is 0 Å². The third-order valence-corrected chi connectivity index (χ3v) is 14.8. The molecule has 370 valence electrons. The number of aromatic nitrogens is 6. The van der Waals surface area contributed by atoms with E-state index in [1.165, 1.54) is 0 Å². The minimum absolute atomic E-state index is 0.388. The summed E-state index contributed by atoms with van der Waals surface area (Å²) in [6.07, 6.45) is 0. The molecule has 0 aliphatic rings. The molecule has 0 saturated heterocycles. The molecule has 8 aromatic carbocycles. The second-order valence-electron chi connectivity index (χ2n) is 19.5. The number of nitriles is 2. The van der Waals surface area contributed by atoms with E-state index in [4.69, 9.17) is 29.9 Å². The van der Waals surface area contributed by atoms with E-state index in [-0.39, 0.29) is 0 Å². The van der Waals surface area contributed by atoms with Gasteiger partial charge in [0.05, 0.1) is 78.7 Å². The third-order valence-electron chi connectivity index (χ3n) is 14.8. The van der Waals surface area contributed by atoms with Crippen LogP contribution in [0.2, 0.25) is 0 Å². The topological polar surface area (TPSA) is 125 Å². The SMILES string of the molecule is N#Cc1c(-c2ccccc2)nc2c(ccc3c(-c4ccccc4)cc(-c4ccccc4)nc32)c1-c1cccc(-c2cccc(-c3c(C#N)c(-c4ccccc4)nc4c3ccc3c(-c5ccccc5)cc(-c5ccccc5)nc34)n2)n1. The molecular weight excluding hydrogens is 977 g/mol. The van der Waals surface area contributed by atoms with Crippen molar-refractivity contribution >= 4 is 43.6 Å². The number of fused-ring (bicyclic) bond motifs is 6. The molecule has 0 aliphatic carbocycles. The molecule has 0 atom stereocenters. The first kappa shape index (κ1) is 47.2. The first-order chi connectivity index (χ1) is 39.6. The largest absolute Gasteiger partial charge is 0.246 e. The van der Waals surface area contributed by atoms with Crippen molar-refractivity contribution in [2.75, 3.05) is 0 Å². The minimum Gasteiger partial charge on any atom is -0.246 e. The zero-order valence-corrected chi connectivity index (χ0v) is 42.8. The highest BCUT2D eigenvalue weighted by Gasteiger charge is 2.25.